The van der Waals surface area contributed by atoms with Crippen molar-refractivity contribution < 1.29 is 23.8 Å². The summed E-state index contributed by atoms with van der Waals surface area (Å²) < 4.78 is 0. The first-order chi connectivity index (χ1) is 2.89. The minimum atomic E-state index is 0. The molecule has 0 unspecified atom stereocenters. The van der Waals surface area contributed by atoms with Gasteiger partial charge in [0.25, 0.3) is 0 Å². The Bertz CT molecular complexity index is 115. The van der Waals surface area contributed by atoms with Gasteiger partial charge in [-0.05, 0) is 6.92 Å². The smallest absolute Gasteiger partial charge is 0.321 e. The van der Waals surface area contributed by atoms with Crippen molar-refractivity contribution in [3.05, 3.63) is 16.6 Å². The van der Waals surface area contributed by atoms with E-state index in [4.69, 9.17) is 0 Å². The van der Waals surface area contributed by atoms with Crippen molar-refractivity contribution >= 4 is 11.3 Å². The van der Waals surface area contributed by atoms with Gasteiger partial charge in [-0.3, -0.25) is 0 Å². The second-order valence-corrected chi connectivity index (χ2v) is 1.82. The Morgan fingerprint density at radius 1 is 1.86 bits per heavy atom. The van der Waals surface area contributed by atoms with Crippen LogP contribution in [0.25, 0.3) is 0 Å². The van der Waals surface area contributed by atoms with Crippen molar-refractivity contribution in [2.24, 2.45) is 0 Å². The van der Waals surface area contributed by atoms with Crippen LogP contribution in [-0.2, 0) is 0 Å². The van der Waals surface area contributed by atoms with E-state index in [0.29, 0.717) is 0 Å². The molecule has 0 aliphatic carbocycles. The van der Waals surface area contributed by atoms with Crippen LogP contribution in [0.15, 0.2) is 5.38 Å². The quantitative estimate of drug-likeness (QED) is 0.260. The Hall–Kier alpha value is 0.227. The topological polar surface area (TPSA) is 14.1 Å². The van der Waals surface area contributed by atoms with Gasteiger partial charge in [0.05, 0.1) is 0 Å². The van der Waals surface area contributed by atoms with E-state index in [1.807, 2.05) is 12.3 Å². The van der Waals surface area contributed by atoms with Crippen molar-refractivity contribution in [1.82, 2.24) is 0 Å². The summed E-state index contributed by atoms with van der Waals surface area (Å²) in [7, 11) is 0. The Morgan fingerprint density at radius 2 is 2.57 bits per heavy atom. The Balaban J connectivity index is 0.000000360. The van der Waals surface area contributed by atoms with Crippen LogP contribution in [0.3, 0.4) is 0 Å². The molecule has 0 bridgehead atoms. The molecule has 1 heterocycles. The van der Waals surface area contributed by atoms with E-state index in [1.54, 1.807) is 11.3 Å². The van der Waals surface area contributed by atoms with E-state index in [2.05, 4.69) is 10.5 Å². The molecule has 0 fully saturated rings. The van der Waals surface area contributed by atoms with Crippen molar-refractivity contribution in [2.75, 3.05) is 0 Å². The predicted octanol–water partition coefficient (Wildman–Crippen LogP) is -2.33. The molecule has 1 aromatic rings. The zero-order valence-corrected chi connectivity index (χ0v) is 5.30. The SMILES string of the molecule is Cc1cs[c-][nH+]1.[Li+]. The summed E-state index contributed by atoms with van der Waals surface area (Å²) in [6, 6.07) is 0. The van der Waals surface area contributed by atoms with Gasteiger partial charge in [-0.15, -0.1) is 0 Å². The summed E-state index contributed by atoms with van der Waals surface area (Å²) in [5.74, 6) is 0. The normalized spacial score (nSPS) is 7.57. The van der Waals surface area contributed by atoms with E-state index >= 15 is 0 Å². The molecule has 1 rings (SSSR count). The first kappa shape index (κ1) is 7.23. The molecular formula is C4H5LiNS+. The van der Waals surface area contributed by atoms with Crippen LogP contribution in [0.4, 0.5) is 0 Å². The van der Waals surface area contributed by atoms with Gasteiger partial charge < -0.3 is 4.98 Å². The number of aromatic nitrogens is 1. The fraction of sp³-hybridized carbons (Fsp3) is 0.250. The van der Waals surface area contributed by atoms with Gasteiger partial charge in [0, 0.05) is 5.69 Å². The minimum Gasteiger partial charge on any atom is -0.321 e. The maximum absolute atomic E-state index is 2.89. The zero-order chi connectivity index (χ0) is 4.41. The average molecular weight is 106 g/mol. The minimum absolute atomic E-state index is 0. The fourth-order valence-corrected chi connectivity index (χ4v) is 0.772. The zero-order valence-electron chi connectivity index (χ0n) is 4.49. The monoisotopic (exact) mass is 106 g/mol. The number of thiazole rings is 1. The van der Waals surface area contributed by atoms with Crippen molar-refractivity contribution in [3.8, 4) is 0 Å². The summed E-state index contributed by atoms with van der Waals surface area (Å²) >= 11 is 1.56. The van der Waals surface area contributed by atoms with Gasteiger partial charge in [-0.1, -0.05) is 5.38 Å². The van der Waals surface area contributed by atoms with E-state index in [-0.39, 0.29) is 18.9 Å². The Kier molecular flexibility index (Phi) is 3.36. The summed E-state index contributed by atoms with van der Waals surface area (Å²) in [4.78, 5) is 2.89. The fourth-order valence-electron chi connectivity index (χ4n) is 0.257. The molecule has 0 aromatic carbocycles. The van der Waals surface area contributed by atoms with Gasteiger partial charge >= 0.3 is 18.9 Å². The van der Waals surface area contributed by atoms with Crippen LogP contribution in [0.5, 0.6) is 0 Å². The third-order valence-electron chi connectivity index (χ3n) is 0.543. The van der Waals surface area contributed by atoms with Crippen LogP contribution in [0, 0.1) is 12.4 Å². The van der Waals surface area contributed by atoms with Crippen molar-refractivity contribution in [3.63, 3.8) is 0 Å². The Labute approximate surface area is 59.0 Å². The summed E-state index contributed by atoms with van der Waals surface area (Å²) in [5, 5.41) is 2.01. The first-order valence-electron chi connectivity index (χ1n) is 1.73. The summed E-state index contributed by atoms with van der Waals surface area (Å²) in [6.45, 7) is 2.01. The largest absolute Gasteiger partial charge is 1.00 e. The molecular weight excluding hydrogens is 101 g/mol. The molecule has 0 spiro atoms. The summed E-state index contributed by atoms with van der Waals surface area (Å²) in [5.41, 5.74) is 4.03. The maximum atomic E-state index is 2.89. The van der Waals surface area contributed by atoms with Gasteiger partial charge in [-0.2, -0.15) is 0 Å². The van der Waals surface area contributed by atoms with Crippen molar-refractivity contribution in [1.29, 1.82) is 0 Å². The second kappa shape index (κ2) is 3.26. The molecule has 0 aliphatic heterocycles. The average Bonchev–Trinajstić information content (AvgIpc) is 1.86. The van der Waals surface area contributed by atoms with Crippen molar-refractivity contribution in [2.45, 2.75) is 6.92 Å². The molecule has 3 heteroatoms. The van der Waals surface area contributed by atoms with Gasteiger partial charge in [0.1, 0.15) is 0 Å². The van der Waals surface area contributed by atoms with E-state index in [0.717, 1.165) is 0 Å². The molecule has 32 valence electrons. The third kappa shape index (κ3) is 2.13. The van der Waals surface area contributed by atoms with E-state index < -0.39 is 0 Å². The molecule has 0 atom stereocenters. The second-order valence-electron chi connectivity index (χ2n) is 1.15. The molecule has 0 aliphatic rings. The first-order valence-corrected chi connectivity index (χ1v) is 2.61. The molecule has 7 heavy (non-hydrogen) atoms. The standard InChI is InChI=1S/C4H5NS.Li/c1-4-2-6-3-5-4;/h2,5H,1H3;/q;+1. The van der Waals surface area contributed by atoms with E-state index in [9.17, 15) is 0 Å². The third-order valence-corrected chi connectivity index (χ3v) is 1.23. The van der Waals surface area contributed by atoms with Crippen LogP contribution in [0.2, 0.25) is 0 Å². The number of rotatable bonds is 0. The molecule has 1 aromatic heterocycles. The number of nitrogens with one attached hydrogen (secondary N) is 1. The molecule has 0 radical (unpaired) electrons. The van der Waals surface area contributed by atoms with Crippen LogP contribution >= 0.6 is 11.3 Å². The number of H-pyrrole nitrogens is 1. The summed E-state index contributed by atoms with van der Waals surface area (Å²) in [6.07, 6.45) is 0. The van der Waals surface area contributed by atoms with Gasteiger partial charge in [0.15, 0.2) is 5.51 Å². The number of aryl methyl sites for hydroxylation is 1. The number of hydrogen-bond donors (Lipinski definition) is 0. The van der Waals surface area contributed by atoms with Crippen LogP contribution in [-0.4, -0.2) is 0 Å². The van der Waals surface area contributed by atoms with Gasteiger partial charge in [-0.25, -0.2) is 11.3 Å². The molecule has 0 saturated heterocycles. The van der Waals surface area contributed by atoms with Gasteiger partial charge in [0.2, 0.25) is 0 Å². The molecule has 1 nitrogen and oxygen atoms in total. The van der Waals surface area contributed by atoms with E-state index in [1.165, 1.54) is 5.69 Å². The number of aromatic amines is 1. The molecule has 0 saturated carbocycles. The molecule has 0 amide bonds. The van der Waals surface area contributed by atoms with Crippen LogP contribution in [0.1, 0.15) is 5.69 Å². The number of hydrogen-bond acceptors (Lipinski definition) is 1. The maximum Gasteiger partial charge on any atom is 1.00 e. The van der Waals surface area contributed by atoms with Crippen LogP contribution < -0.4 is 23.8 Å². The molecule has 1 N–H and O–H groups in total. The predicted molar refractivity (Wildman–Crippen MR) is 24.4 cm³/mol. The Morgan fingerprint density at radius 3 is 2.71 bits per heavy atom.